The molecular formula is C32H39F2N5O2. The van der Waals surface area contributed by atoms with Crippen LogP contribution in [0.2, 0.25) is 0 Å². The average Bonchev–Trinajstić information content (AvgIpc) is 2.97. The molecule has 0 bridgehead atoms. The van der Waals surface area contributed by atoms with Gasteiger partial charge in [0.05, 0.1) is 13.2 Å². The Morgan fingerprint density at radius 1 is 0.951 bits per heavy atom. The van der Waals surface area contributed by atoms with Crippen LogP contribution in [0.3, 0.4) is 0 Å². The van der Waals surface area contributed by atoms with E-state index in [9.17, 15) is 5.11 Å². The van der Waals surface area contributed by atoms with E-state index in [-0.39, 0.29) is 23.4 Å². The topological polar surface area (TPSA) is 63.6 Å². The number of nitrogens with one attached hydrogen (secondary N) is 1. The molecular weight excluding hydrogens is 524 g/mol. The van der Waals surface area contributed by atoms with E-state index in [1.807, 2.05) is 17.9 Å². The van der Waals surface area contributed by atoms with E-state index in [0.29, 0.717) is 43.4 Å². The second-order valence-electron chi connectivity index (χ2n) is 10.7. The van der Waals surface area contributed by atoms with Crippen LogP contribution in [-0.2, 0) is 11.3 Å². The zero-order chi connectivity index (χ0) is 28.9. The first kappa shape index (κ1) is 29.0. The standard InChI is InChI=1S/C32H39F2N5O2/c1-4-37-10-12-39(13-11-37)31-9-8-25(18-22(31)2)35-23(3)36-30-7-5-6-26(32(30)40)24-19-28(33)27(29(34)20-24)21-38-14-16-41-17-15-38/h5-9,18-20,40H,4,10-17,21H2,1-3H3,(H,35,36). The van der Waals surface area contributed by atoms with Crippen LogP contribution in [0, 0.1) is 18.6 Å². The summed E-state index contributed by atoms with van der Waals surface area (Å²) in [5.41, 5.74) is 4.23. The van der Waals surface area contributed by atoms with Crippen molar-refractivity contribution in [3.8, 4) is 16.9 Å². The van der Waals surface area contributed by atoms with Gasteiger partial charge in [-0.3, -0.25) is 4.90 Å². The average molecular weight is 564 g/mol. The number of rotatable bonds is 7. The molecule has 0 aromatic heterocycles. The summed E-state index contributed by atoms with van der Waals surface area (Å²) in [6.45, 7) is 13.9. The highest BCUT2D eigenvalue weighted by molar-refractivity contribution is 5.96. The Hall–Kier alpha value is -3.53. The first-order chi connectivity index (χ1) is 19.8. The molecule has 41 heavy (non-hydrogen) atoms. The summed E-state index contributed by atoms with van der Waals surface area (Å²) in [5.74, 6) is -0.821. The predicted octanol–water partition coefficient (Wildman–Crippen LogP) is 5.78. The number of halogens is 2. The quantitative estimate of drug-likeness (QED) is 0.281. The van der Waals surface area contributed by atoms with Crippen molar-refractivity contribution in [3.05, 3.63) is 71.3 Å². The van der Waals surface area contributed by atoms with Crippen LogP contribution in [0.25, 0.3) is 11.1 Å². The van der Waals surface area contributed by atoms with E-state index in [2.05, 4.69) is 46.1 Å². The van der Waals surface area contributed by atoms with Crippen LogP contribution in [0.5, 0.6) is 5.75 Å². The maximum absolute atomic E-state index is 15.0. The summed E-state index contributed by atoms with van der Waals surface area (Å²) in [4.78, 5) is 11.4. The molecule has 0 spiro atoms. The highest BCUT2D eigenvalue weighted by Gasteiger charge is 2.20. The normalized spacial score (nSPS) is 17.2. The van der Waals surface area contributed by atoms with Crippen LogP contribution in [0.1, 0.15) is 25.0 Å². The van der Waals surface area contributed by atoms with Gasteiger partial charge in [-0.1, -0.05) is 19.1 Å². The number of ether oxygens (including phenoxy) is 1. The van der Waals surface area contributed by atoms with Crippen molar-refractivity contribution < 1.29 is 18.6 Å². The van der Waals surface area contributed by atoms with Crippen molar-refractivity contribution in [2.45, 2.75) is 27.3 Å². The third-order valence-electron chi connectivity index (χ3n) is 7.92. The molecule has 218 valence electrons. The largest absolute Gasteiger partial charge is 0.505 e. The number of aromatic hydroxyl groups is 1. The number of nitrogens with zero attached hydrogens (tertiary/aromatic N) is 4. The Morgan fingerprint density at radius 2 is 1.66 bits per heavy atom. The van der Waals surface area contributed by atoms with Gasteiger partial charge in [-0.25, -0.2) is 13.8 Å². The van der Waals surface area contributed by atoms with E-state index in [1.54, 1.807) is 18.2 Å². The number of benzene rings is 3. The fourth-order valence-electron chi connectivity index (χ4n) is 5.56. The number of para-hydroxylation sites is 1. The smallest absolute Gasteiger partial charge is 0.149 e. The number of aryl methyl sites for hydroxylation is 1. The second kappa shape index (κ2) is 13.0. The summed E-state index contributed by atoms with van der Waals surface area (Å²) in [5, 5.41) is 14.3. The molecule has 0 saturated carbocycles. The minimum absolute atomic E-state index is 0.0221. The van der Waals surface area contributed by atoms with Crippen LogP contribution in [-0.4, -0.2) is 79.8 Å². The molecule has 0 unspecified atom stereocenters. The second-order valence-corrected chi connectivity index (χ2v) is 10.7. The minimum atomic E-state index is -0.635. The van der Waals surface area contributed by atoms with Crippen molar-refractivity contribution >= 4 is 22.9 Å². The molecule has 2 aliphatic rings. The van der Waals surface area contributed by atoms with E-state index in [1.165, 1.54) is 23.4 Å². The summed E-state index contributed by atoms with van der Waals surface area (Å²) >= 11 is 0. The minimum Gasteiger partial charge on any atom is -0.505 e. The van der Waals surface area contributed by atoms with Crippen LogP contribution >= 0.6 is 0 Å². The van der Waals surface area contributed by atoms with Gasteiger partial charge in [0.25, 0.3) is 0 Å². The van der Waals surface area contributed by atoms with Gasteiger partial charge in [0.15, 0.2) is 0 Å². The first-order valence-electron chi connectivity index (χ1n) is 14.3. The molecule has 2 aliphatic heterocycles. The molecule has 9 heteroatoms. The van der Waals surface area contributed by atoms with Crippen LogP contribution in [0.15, 0.2) is 53.5 Å². The molecule has 3 aromatic rings. The van der Waals surface area contributed by atoms with E-state index < -0.39 is 11.6 Å². The highest BCUT2D eigenvalue weighted by Crippen LogP contribution is 2.38. The van der Waals surface area contributed by atoms with Gasteiger partial charge < -0.3 is 25.0 Å². The summed E-state index contributed by atoms with van der Waals surface area (Å²) < 4.78 is 35.4. The Bertz CT molecular complexity index is 1380. The monoisotopic (exact) mass is 563 g/mol. The Kier molecular flexibility index (Phi) is 9.17. The van der Waals surface area contributed by atoms with Gasteiger partial charge in [0.2, 0.25) is 0 Å². The third-order valence-corrected chi connectivity index (χ3v) is 7.92. The molecule has 0 radical (unpaired) electrons. The fourth-order valence-corrected chi connectivity index (χ4v) is 5.56. The molecule has 0 atom stereocenters. The molecule has 2 N–H and O–H groups in total. The van der Waals surface area contributed by atoms with Gasteiger partial charge in [-0.05, 0) is 67.9 Å². The van der Waals surface area contributed by atoms with Crippen molar-refractivity contribution in [1.82, 2.24) is 9.80 Å². The molecule has 2 saturated heterocycles. The number of piperazine rings is 1. The Balaban J connectivity index is 1.30. The summed E-state index contributed by atoms with van der Waals surface area (Å²) in [7, 11) is 0. The molecule has 2 fully saturated rings. The van der Waals surface area contributed by atoms with E-state index in [4.69, 9.17) is 4.74 Å². The maximum atomic E-state index is 15.0. The van der Waals surface area contributed by atoms with E-state index in [0.717, 1.165) is 38.4 Å². The first-order valence-corrected chi connectivity index (χ1v) is 14.3. The number of phenolic OH excluding ortho intramolecular Hbond substituents is 1. The number of amidine groups is 1. The van der Waals surface area contributed by atoms with Gasteiger partial charge in [0.1, 0.15) is 28.9 Å². The van der Waals surface area contributed by atoms with Crippen LogP contribution in [0.4, 0.5) is 25.8 Å². The zero-order valence-corrected chi connectivity index (χ0v) is 24.1. The van der Waals surface area contributed by atoms with Crippen molar-refractivity contribution in [1.29, 1.82) is 0 Å². The predicted molar refractivity (Wildman–Crippen MR) is 161 cm³/mol. The molecule has 3 aromatic carbocycles. The molecule has 0 aliphatic carbocycles. The molecule has 7 nitrogen and oxygen atoms in total. The molecule has 0 amide bonds. The number of hydrogen-bond acceptors (Lipinski definition) is 6. The summed E-state index contributed by atoms with van der Waals surface area (Å²) in [6, 6.07) is 13.8. The number of aliphatic imine (C=N–C) groups is 1. The third kappa shape index (κ3) is 6.86. The highest BCUT2D eigenvalue weighted by atomic mass is 19.1. The SMILES string of the molecule is CCN1CCN(c2ccc(NC(C)=Nc3cccc(-c4cc(F)c(CN5CCOCC5)c(F)c4)c3O)cc2C)CC1. The lowest BCUT2D eigenvalue weighted by Gasteiger charge is -2.36. The Labute approximate surface area is 241 Å². The molecule has 2 heterocycles. The number of phenols is 1. The van der Waals surface area contributed by atoms with E-state index >= 15 is 8.78 Å². The lowest BCUT2D eigenvalue weighted by Crippen LogP contribution is -2.46. The van der Waals surface area contributed by atoms with Gasteiger partial charge >= 0.3 is 0 Å². The Morgan fingerprint density at radius 3 is 2.32 bits per heavy atom. The number of morpholine rings is 1. The maximum Gasteiger partial charge on any atom is 0.149 e. The van der Waals surface area contributed by atoms with Crippen molar-refractivity contribution in [2.75, 3.05) is 69.2 Å². The van der Waals surface area contributed by atoms with Gasteiger partial charge in [0, 0.05) is 68.3 Å². The number of hydrogen-bond donors (Lipinski definition) is 2. The summed E-state index contributed by atoms with van der Waals surface area (Å²) in [6.07, 6.45) is 0. The lowest BCUT2D eigenvalue weighted by molar-refractivity contribution is 0.0332. The number of likely N-dealkylation sites (N-methyl/N-ethyl adjacent to an activating group) is 1. The van der Waals surface area contributed by atoms with Crippen LogP contribution < -0.4 is 10.2 Å². The van der Waals surface area contributed by atoms with Crippen molar-refractivity contribution in [3.63, 3.8) is 0 Å². The zero-order valence-electron chi connectivity index (χ0n) is 24.1. The van der Waals surface area contributed by atoms with Crippen molar-refractivity contribution in [2.24, 2.45) is 4.99 Å². The fraction of sp³-hybridized carbons (Fsp3) is 0.406. The molecule has 5 rings (SSSR count). The lowest BCUT2D eigenvalue weighted by atomic mass is 10.0. The number of anilines is 2. The van der Waals surface area contributed by atoms with Gasteiger partial charge in [-0.15, -0.1) is 0 Å². The van der Waals surface area contributed by atoms with Gasteiger partial charge in [-0.2, -0.15) is 0 Å².